The average Bonchev–Trinajstić information content (AvgIpc) is 2.85. The number of hydrogen-bond acceptors (Lipinski definition) is 3. The highest BCUT2D eigenvalue weighted by atomic mass is 79.9. The van der Waals surface area contributed by atoms with E-state index in [1.165, 1.54) is 0 Å². The number of nitrogens with zero attached hydrogens (tertiary/aromatic N) is 2. The molecule has 6 heteroatoms. The van der Waals surface area contributed by atoms with Crippen molar-refractivity contribution in [1.29, 1.82) is 0 Å². The molecule has 1 N–H and O–H groups in total. The van der Waals surface area contributed by atoms with Crippen LogP contribution < -0.4 is 5.32 Å². The minimum Gasteiger partial charge on any atom is -0.365 e. The largest absolute Gasteiger partial charge is 0.365 e. The van der Waals surface area contributed by atoms with Crippen molar-refractivity contribution in [3.05, 3.63) is 74.7 Å². The number of rotatable bonds is 3. The van der Waals surface area contributed by atoms with Gasteiger partial charge in [0.1, 0.15) is 6.17 Å². The molecule has 0 saturated carbocycles. The molecule has 1 aliphatic rings. The number of halogens is 3. The summed E-state index contributed by atoms with van der Waals surface area (Å²) in [5.41, 5.74) is 2.06. The summed E-state index contributed by atoms with van der Waals surface area (Å²) in [6, 6.07) is 9.46. The maximum Gasteiger partial charge on any atom is 0.127 e. The van der Waals surface area contributed by atoms with E-state index >= 15 is 0 Å². The lowest BCUT2D eigenvalue weighted by Crippen LogP contribution is -2.28. The summed E-state index contributed by atoms with van der Waals surface area (Å²) in [5, 5.41) is 4.71. The quantitative estimate of drug-likeness (QED) is 0.778. The molecular formula is C15H12BrCl2N3. The first-order valence-electron chi connectivity index (χ1n) is 6.37. The Morgan fingerprint density at radius 3 is 2.90 bits per heavy atom. The Morgan fingerprint density at radius 1 is 1.29 bits per heavy atom. The molecule has 0 fully saturated rings. The van der Waals surface area contributed by atoms with Crippen molar-refractivity contribution in [2.75, 3.05) is 0 Å². The lowest BCUT2D eigenvalue weighted by Gasteiger charge is -2.28. The van der Waals surface area contributed by atoms with Crippen molar-refractivity contribution < 1.29 is 0 Å². The van der Waals surface area contributed by atoms with E-state index in [0.717, 1.165) is 15.7 Å². The van der Waals surface area contributed by atoms with Crippen LogP contribution in [0.1, 0.15) is 17.3 Å². The van der Waals surface area contributed by atoms with Gasteiger partial charge in [-0.1, -0.05) is 29.3 Å². The number of nitrogens with one attached hydrogen (secondary N) is 1. The van der Waals surface area contributed by atoms with E-state index in [1.54, 1.807) is 12.3 Å². The minimum absolute atomic E-state index is 0.0168. The summed E-state index contributed by atoms with van der Waals surface area (Å²) in [6.45, 7) is 0.642. The van der Waals surface area contributed by atoms with Crippen LogP contribution in [0.2, 0.25) is 10.0 Å². The normalized spacial score (nSPS) is 17.6. The Hall–Kier alpha value is -1.23. The zero-order valence-electron chi connectivity index (χ0n) is 10.9. The third-order valence-corrected chi connectivity index (χ3v) is 4.58. The van der Waals surface area contributed by atoms with Crippen LogP contribution in [0.25, 0.3) is 0 Å². The van der Waals surface area contributed by atoms with Gasteiger partial charge in [0.05, 0.1) is 4.61 Å². The Morgan fingerprint density at radius 2 is 2.14 bits per heavy atom. The van der Waals surface area contributed by atoms with Gasteiger partial charge in [-0.25, -0.2) is 0 Å². The maximum atomic E-state index is 6.26. The molecule has 1 aromatic heterocycles. The van der Waals surface area contributed by atoms with Gasteiger partial charge in [0.15, 0.2) is 0 Å². The van der Waals surface area contributed by atoms with E-state index in [4.69, 9.17) is 23.2 Å². The molecule has 3 nitrogen and oxygen atoms in total. The minimum atomic E-state index is 0.0168. The number of benzene rings is 1. The highest BCUT2D eigenvalue weighted by Gasteiger charge is 2.26. The van der Waals surface area contributed by atoms with E-state index < -0.39 is 0 Å². The molecule has 3 rings (SSSR count). The molecule has 0 radical (unpaired) electrons. The van der Waals surface area contributed by atoms with Crippen LogP contribution >= 0.6 is 39.1 Å². The second kappa shape index (κ2) is 6.26. The zero-order valence-corrected chi connectivity index (χ0v) is 14.0. The molecule has 2 aromatic rings. The lowest BCUT2D eigenvalue weighted by molar-refractivity contribution is 0.271. The van der Waals surface area contributed by atoms with Crippen molar-refractivity contribution in [2.24, 2.45) is 0 Å². The van der Waals surface area contributed by atoms with Crippen molar-refractivity contribution in [3.63, 3.8) is 0 Å². The number of aromatic nitrogens is 1. The maximum absolute atomic E-state index is 6.26. The molecule has 0 aliphatic carbocycles. The Labute approximate surface area is 141 Å². The average molecular weight is 385 g/mol. The fourth-order valence-electron chi connectivity index (χ4n) is 2.27. The molecule has 108 valence electrons. The standard InChI is InChI=1S/C15H12BrCl2N3/c16-14-8-20-15(10-2-1-5-19-7-10)21(14)9-11-6-12(17)3-4-13(11)18/h1-8,15,20H,9H2. The predicted octanol–water partition coefficient (Wildman–Crippen LogP) is 4.69. The van der Waals surface area contributed by atoms with Gasteiger partial charge in [0.2, 0.25) is 0 Å². The molecule has 1 aromatic carbocycles. The fraction of sp³-hybridized carbons (Fsp3) is 0.133. The molecule has 1 aliphatic heterocycles. The predicted molar refractivity (Wildman–Crippen MR) is 89.1 cm³/mol. The second-order valence-corrected chi connectivity index (χ2v) is 6.34. The van der Waals surface area contributed by atoms with Crippen LogP contribution in [0.5, 0.6) is 0 Å². The molecule has 0 amide bonds. The number of hydrogen-bond donors (Lipinski definition) is 1. The summed E-state index contributed by atoms with van der Waals surface area (Å²) in [6.07, 6.45) is 5.56. The SMILES string of the molecule is Clc1ccc(Cl)c(CN2C(Br)=CNC2c2cccnc2)c1. The van der Waals surface area contributed by atoms with Gasteiger partial charge in [-0.05, 0) is 45.8 Å². The monoisotopic (exact) mass is 383 g/mol. The van der Waals surface area contributed by atoms with Crippen molar-refractivity contribution >= 4 is 39.1 Å². The van der Waals surface area contributed by atoms with Gasteiger partial charge in [0, 0.05) is 40.7 Å². The van der Waals surface area contributed by atoms with Crippen LogP contribution in [-0.2, 0) is 6.54 Å². The van der Waals surface area contributed by atoms with E-state index in [-0.39, 0.29) is 6.17 Å². The number of pyridine rings is 1. The van der Waals surface area contributed by atoms with Gasteiger partial charge in [-0.2, -0.15) is 0 Å². The summed E-state index contributed by atoms with van der Waals surface area (Å²) >= 11 is 15.9. The van der Waals surface area contributed by atoms with Crippen LogP contribution in [0.15, 0.2) is 53.5 Å². The van der Waals surface area contributed by atoms with Crippen LogP contribution in [-0.4, -0.2) is 9.88 Å². The highest BCUT2D eigenvalue weighted by Crippen LogP contribution is 2.33. The van der Waals surface area contributed by atoms with Crippen molar-refractivity contribution in [1.82, 2.24) is 15.2 Å². The summed E-state index contributed by atoms with van der Waals surface area (Å²) in [4.78, 5) is 6.34. The summed E-state index contributed by atoms with van der Waals surface area (Å²) in [7, 11) is 0. The smallest absolute Gasteiger partial charge is 0.127 e. The molecule has 0 saturated heterocycles. The zero-order chi connectivity index (χ0) is 14.8. The van der Waals surface area contributed by atoms with Crippen LogP contribution in [0.4, 0.5) is 0 Å². The van der Waals surface area contributed by atoms with Gasteiger partial charge in [-0.15, -0.1) is 0 Å². The first-order chi connectivity index (χ1) is 10.1. The van der Waals surface area contributed by atoms with E-state index in [1.807, 2.05) is 36.7 Å². The van der Waals surface area contributed by atoms with E-state index in [9.17, 15) is 0 Å². The van der Waals surface area contributed by atoms with Crippen molar-refractivity contribution in [3.8, 4) is 0 Å². The van der Waals surface area contributed by atoms with Crippen molar-refractivity contribution in [2.45, 2.75) is 12.7 Å². The summed E-state index contributed by atoms with van der Waals surface area (Å²) < 4.78 is 0.965. The molecule has 0 spiro atoms. The van der Waals surface area contributed by atoms with Gasteiger partial charge in [-0.3, -0.25) is 4.98 Å². The van der Waals surface area contributed by atoms with Crippen LogP contribution in [0.3, 0.4) is 0 Å². The van der Waals surface area contributed by atoms with E-state index in [2.05, 4.69) is 31.1 Å². The first kappa shape index (κ1) is 14.7. The Bertz CT molecular complexity index is 676. The summed E-state index contributed by atoms with van der Waals surface area (Å²) in [5.74, 6) is 0. The molecule has 1 unspecified atom stereocenters. The third-order valence-electron chi connectivity index (χ3n) is 3.29. The van der Waals surface area contributed by atoms with Gasteiger partial charge < -0.3 is 10.2 Å². The van der Waals surface area contributed by atoms with Gasteiger partial charge >= 0.3 is 0 Å². The lowest BCUT2D eigenvalue weighted by atomic mass is 10.1. The second-order valence-electron chi connectivity index (χ2n) is 4.69. The molecular weight excluding hydrogens is 373 g/mol. The van der Waals surface area contributed by atoms with Crippen LogP contribution in [0, 0.1) is 0 Å². The molecule has 1 atom stereocenters. The molecule has 21 heavy (non-hydrogen) atoms. The van der Waals surface area contributed by atoms with Gasteiger partial charge in [0.25, 0.3) is 0 Å². The fourth-order valence-corrected chi connectivity index (χ4v) is 3.11. The topological polar surface area (TPSA) is 28.2 Å². The molecule has 0 bridgehead atoms. The van der Waals surface area contributed by atoms with E-state index in [0.29, 0.717) is 16.6 Å². The Balaban J connectivity index is 1.88. The third kappa shape index (κ3) is 3.18. The molecule has 2 heterocycles. The highest BCUT2D eigenvalue weighted by molar-refractivity contribution is 9.11. The Kier molecular flexibility index (Phi) is 4.38. The first-order valence-corrected chi connectivity index (χ1v) is 7.92.